The highest BCUT2D eigenvalue weighted by Crippen LogP contribution is 2.20. The quantitative estimate of drug-likeness (QED) is 0.738. The first kappa shape index (κ1) is 11.9. The van der Waals surface area contributed by atoms with Gasteiger partial charge in [0, 0.05) is 32.7 Å². The summed E-state index contributed by atoms with van der Waals surface area (Å²) in [6.07, 6.45) is 5.02. The van der Waals surface area contributed by atoms with E-state index < -0.39 is 0 Å². The van der Waals surface area contributed by atoms with Crippen molar-refractivity contribution in [3.8, 4) is 11.4 Å². The van der Waals surface area contributed by atoms with E-state index in [1.54, 1.807) is 7.11 Å². The van der Waals surface area contributed by atoms with Gasteiger partial charge in [0.15, 0.2) is 0 Å². The van der Waals surface area contributed by atoms with Crippen molar-refractivity contribution in [1.29, 1.82) is 0 Å². The van der Waals surface area contributed by atoms with Crippen molar-refractivity contribution in [1.82, 2.24) is 9.55 Å². The highest BCUT2D eigenvalue weighted by Gasteiger charge is 2.06. The van der Waals surface area contributed by atoms with Crippen molar-refractivity contribution < 1.29 is 4.74 Å². The van der Waals surface area contributed by atoms with Crippen LogP contribution in [0.2, 0.25) is 0 Å². The normalized spacial score (nSPS) is 10.7. The Morgan fingerprint density at radius 3 is 2.94 bits per heavy atom. The van der Waals surface area contributed by atoms with E-state index in [2.05, 4.69) is 28.7 Å². The molecule has 0 aliphatic heterocycles. The maximum absolute atomic E-state index is 5.09. The molecule has 0 amide bonds. The van der Waals surface area contributed by atoms with E-state index in [0.29, 0.717) is 0 Å². The average Bonchev–Trinajstić information content (AvgIpc) is 2.72. The van der Waals surface area contributed by atoms with Crippen LogP contribution in [0.25, 0.3) is 11.4 Å². The Kier molecular flexibility index (Phi) is 3.94. The summed E-state index contributed by atoms with van der Waals surface area (Å²) >= 11 is 0. The SMILES string of the molecule is COCCCn1cc(C)cc1-c1ccccn1. The molecule has 0 atom stereocenters. The van der Waals surface area contributed by atoms with Gasteiger partial charge in [-0.15, -0.1) is 0 Å². The Bertz CT molecular complexity index is 462. The number of aromatic nitrogens is 2. The van der Waals surface area contributed by atoms with Crippen LogP contribution in [0.15, 0.2) is 36.7 Å². The standard InChI is InChI=1S/C14H18N2O/c1-12-10-14(13-6-3-4-7-15-13)16(11-12)8-5-9-17-2/h3-4,6-7,10-11H,5,8-9H2,1-2H3. The first-order chi connectivity index (χ1) is 8.31. The maximum atomic E-state index is 5.09. The zero-order valence-electron chi connectivity index (χ0n) is 10.4. The summed E-state index contributed by atoms with van der Waals surface area (Å²) in [7, 11) is 1.74. The van der Waals surface area contributed by atoms with Gasteiger partial charge in [-0.25, -0.2) is 0 Å². The highest BCUT2D eigenvalue weighted by atomic mass is 16.5. The molecule has 2 aromatic rings. The molecule has 0 aromatic carbocycles. The van der Waals surface area contributed by atoms with Crippen molar-refractivity contribution >= 4 is 0 Å². The molecule has 90 valence electrons. The third kappa shape index (κ3) is 2.94. The number of rotatable bonds is 5. The lowest BCUT2D eigenvalue weighted by Gasteiger charge is -2.08. The van der Waals surface area contributed by atoms with Crippen molar-refractivity contribution in [3.63, 3.8) is 0 Å². The Labute approximate surface area is 102 Å². The van der Waals surface area contributed by atoms with E-state index in [4.69, 9.17) is 4.74 Å². The van der Waals surface area contributed by atoms with Crippen molar-refractivity contribution in [2.24, 2.45) is 0 Å². The molecule has 0 spiro atoms. The lowest BCUT2D eigenvalue weighted by Crippen LogP contribution is -2.02. The molecule has 0 saturated carbocycles. The van der Waals surface area contributed by atoms with E-state index in [1.807, 2.05) is 24.4 Å². The molecule has 0 saturated heterocycles. The number of nitrogens with zero attached hydrogens (tertiary/aromatic N) is 2. The summed E-state index contributed by atoms with van der Waals surface area (Å²) in [6, 6.07) is 8.18. The largest absolute Gasteiger partial charge is 0.385 e. The molecule has 0 fully saturated rings. The van der Waals surface area contributed by atoms with Gasteiger partial charge >= 0.3 is 0 Å². The summed E-state index contributed by atoms with van der Waals surface area (Å²) < 4.78 is 7.33. The van der Waals surface area contributed by atoms with Gasteiger partial charge in [-0.05, 0) is 37.1 Å². The van der Waals surface area contributed by atoms with Crippen LogP contribution in [0, 0.1) is 6.92 Å². The Balaban J connectivity index is 2.22. The number of pyridine rings is 1. The monoisotopic (exact) mass is 230 g/mol. The second-order valence-corrected chi connectivity index (χ2v) is 4.16. The van der Waals surface area contributed by atoms with Crippen LogP contribution in [-0.2, 0) is 11.3 Å². The first-order valence-electron chi connectivity index (χ1n) is 5.88. The van der Waals surface area contributed by atoms with Gasteiger partial charge in [0.2, 0.25) is 0 Å². The Morgan fingerprint density at radius 2 is 2.24 bits per heavy atom. The van der Waals surface area contributed by atoms with E-state index in [9.17, 15) is 0 Å². The minimum atomic E-state index is 0.791. The van der Waals surface area contributed by atoms with Gasteiger partial charge in [0.05, 0.1) is 11.4 Å². The molecule has 0 aliphatic carbocycles. The molecule has 17 heavy (non-hydrogen) atoms. The van der Waals surface area contributed by atoms with Crippen molar-refractivity contribution in [3.05, 3.63) is 42.2 Å². The van der Waals surface area contributed by atoms with Gasteiger partial charge in [-0.3, -0.25) is 4.98 Å². The van der Waals surface area contributed by atoms with E-state index in [0.717, 1.165) is 25.3 Å². The molecule has 0 radical (unpaired) electrons. The van der Waals surface area contributed by atoms with Gasteiger partial charge in [0.1, 0.15) is 0 Å². The van der Waals surface area contributed by atoms with Crippen LogP contribution in [-0.4, -0.2) is 23.3 Å². The van der Waals surface area contributed by atoms with Gasteiger partial charge in [-0.1, -0.05) is 6.07 Å². The van der Waals surface area contributed by atoms with Gasteiger partial charge in [0.25, 0.3) is 0 Å². The van der Waals surface area contributed by atoms with Gasteiger partial charge in [-0.2, -0.15) is 0 Å². The zero-order chi connectivity index (χ0) is 12.1. The fraction of sp³-hybridized carbons (Fsp3) is 0.357. The van der Waals surface area contributed by atoms with Crippen LogP contribution in [0.5, 0.6) is 0 Å². The number of aryl methyl sites for hydroxylation is 2. The maximum Gasteiger partial charge on any atom is 0.0866 e. The Morgan fingerprint density at radius 1 is 1.35 bits per heavy atom. The third-order valence-electron chi connectivity index (χ3n) is 2.71. The van der Waals surface area contributed by atoms with Gasteiger partial charge < -0.3 is 9.30 Å². The predicted molar refractivity (Wildman–Crippen MR) is 68.9 cm³/mol. The second kappa shape index (κ2) is 5.64. The van der Waals surface area contributed by atoms with Crippen LogP contribution in [0.4, 0.5) is 0 Å². The van der Waals surface area contributed by atoms with E-state index >= 15 is 0 Å². The van der Waals surface area contributed by atoms with Crippen LogP contribution in [0.1, 0.15) is 12.0 Å². The zero-order valence-corrected chi connectivity index (χ0v) is 10.4. The van der Waals surface area contributed by atoms with Crippen LogP contribution < -0.4 is 0 Å². The van der Waals surface area contributed by atoms with Crippen molar-refractivity contribution in [2.45, 2.75) is 19.9 Å². The van der Waals surface area contributed by atoms with Crippen molar-refractivity contribution in [2.75, 3.05) is 13.7 Å². The summed E-state index contributed by atoms with van der Waals surface area (Å²) in [5.41, 5.74) is 3.47. The molecule has 0 N–H and O–H groups in total. The lowest BCUT2D eigenvalue weighted by molar-refractivity contribution is 0.190. The minimum absolute atomic E-state index is 0.791. The fourth-order valence-electron chi connectivity index (χ4n) is 1.95. The average molecular weight is 230 g/mol. The summed E-state index contributed by atoms with van der Waals surface area (Å²) in [5, 5.41) is 0. The number of methoxy groups -OCH3 is 1. The smallest absolute Gasteiger partial charge is 0.0866 e. The number of hydrogen-bond donors (Lipinski definition) is 0. The van der Waals surface area contributed by atoms with E-state index in [1.165, 1.54) is 11.3 Å². The summed E-state index contributed by atoms with van der Waals surface area (Å²) in [4.78, 5) is 4.40. The molecule has 0 unspecified atom stereocenters. The summed E-state index contributed by atoms with van der Waals surface area (Å²) in [6.45, 7) is 3.87. The fourth-order valence-corrected chi connectivity index (χ4v) is 1.95. The molecule has 3 nitrogen and oxygen atoms in total. The second-order valence-electron chi connectivity index (χ2n) is 4.16. The molecule has 2 aromatic heterocycles. The molecule has 2 heterocycles. The molecule has 0 bridgehead atoms. The molecule has 2 rings (SSSR count). The predicted octanol–water partition coefficient (Wildman–Crippen LogP) is 2.90. The van der Waals surface area contributed by atoms with Crippen LogP contribution in [0.3, 0.4) is 0 Å². The molecule has 3 heteroatoms. The number of ether oxygens (including phenoxy) is 1. The lowest BCUT2D eigenvalue weighted by atomic mass is 10.2. The summed E-state index contributed by atoms with van der Waals surface area (Å²) in [5.74, 6) is 0. The van der Waals surface area contributed by atoms with E-state index in [-0.39, 0.29) is 0 Å². The van der Waals surface area contributed by atoms with Crippen LogP contribution >= 0.6 is 0 Å². The molecular formula is C14H18N2O. The first-order valence-corrected chi connectivity index (χ1v) is 5.88. The molecular weight excluding hydrogens is 212 g/mol. The molecule has 0 aliphatic rings. The number of hydrogen-bond acceptors (Lipinski definition) is 2. The third-order valence-corrected chi connectivity index (χ3v) is 2.71. The minimum Gasteiger partial charge on any atom is -0.385 e. The topological polar surface area (TPSA) is 27.1 Å². The highest BCUT2D eigenvalue weighted by molar-refractivity contribution is 5.56. The Hall–Kier alpha value is -1.61.